The fraction of sp³-hybridized carbons (Fsp3) is 0. The SMILES string of the molecule is O=S(=O)(Nc1ccn(-c2ncccc2Cl)n1)c1ccc(Cl)s1. The normalized spacial score (nSPS) is 11.5. The summed E-state index contributed by atoms with van der Waals surface area (Å²) in [6.07, 6.45) is 3.13. The van der Waals surface area contributed by atoms with Crippen LogP contribution in [0.3, 0.4) is 0 Å². The Balaban J connectivity index is 1.88. The van der Waals surface area contributed by atoms with Crippen LogP contribution in [0.15, 0.2) is 46.9 Å². The number of sulfonamides is 1. The minimum absolute atomic E-state index is 0.114. The summed E-state index contributed by atoms with van der Waals surface area (Å²) >= 11 is 12.7. The monoisotopic (exact) mass is 374 g/mol. The van der Waals surface area contributed by atoms with E-state index in [4.69, 9.17) is 23.2 Å². The van der Waals surface area contributed by atoms with Gasteiger partial charge in [0.05, 0.1) is 9.36 Å². The lowest BCUT2D eigenvalue weighted by molar-refractivity contribution is 0.603. The van der Waals surface area contributed by atoms with Crippen molar-refractivity contribution in [3.63, 3.8) is 0 Å². The summed E-state index contributed by atoms with van der Waals surface area (Å²) in [6, 6.07) is 7.83. The number of rotatable bonds is 4. The van der Waals surface area contributed by atoms with Gasteiger partial charge in [0.1, 0.15) is 4.21 Å². The van der Waals surface area contributed by atoms with Crippen LogP contribution in [0.25, 0.3) is 5.82 Å². The summed E-state index contributed by atoms with van der Waals surface area (Å²) in [4.78, 5) is 4.10. The van der Waals surface area contributed by atoms with E-state index in [-0.39, 0.29) is 10.0 Å². The fourth-order valence-electron chi connectivity index (χ4n) is 1.67. The van der Waals surface area contributed by atoms with Gasteiger partial charge in [-0.25, -0.2) is 18.1 Å². The molecule has 10 heteroatoms. The van der Waals surface area contributed by atoms with Gasteiger partial charge in [0.2, 0.25) is 0 Å². The molecule has 0 radical (unpaired) electrons. The largest absolute Gasteiger partial charge is 0.272 e. The van der Waals surface area contributed by atoms with Crippen molar-refractivity contribution in [1.29, 1.82) is 0 Å². The molecule has 0 aromatic carbocycles. The Hall–Kier alpha value is -1.61. The molecule has 114 valence electrons. The Labute approximate surface area is 140 Å². The van der Waals surface area contributed by atoms with Crippen LogP contribution in [0.1, 0.15) is 0 Å². The second-order valence-corrected chi connectivity index (χ2v) is 8.15. The molecular weight excluding hydrogens is 367 g/mol. The van der Waals surface area contributed by atoms with Crippen LogP contribution in [-0.4, -0.2) is 23.2 Å². The molecule has 0 bridgehead atoms. The number of nitrogens with one attached hydrogen (secondary N) is 1. The van der Waals surface area contributed by atoms with E-state index in [1.807, 2.05) is 0 Å². The predicted octanol–water partition coefficient (Wildman–Crippen LogP) is 3.44. The van der Waals surface area contributed by atoms with Crippen molar-refractivity contribution in [2.24, 2.45) is 0 Å². The smallest absolute Gasteiger partial charge is 0.261 e. The second kappa shape index (κ2) is 5.88. The standard InChI is InChI=1S/C12H8Cl2N4O2S2/c13-8-2-1-6-15-12(8)18-7-5-10(16-18)17-22(19,20)11-4-3-9(14)21-11/h1-7H,(H,16,17). The molecule has 0 spiro atoms. The van der Waals surface area contributed by atoms with E-state index in [0.717, 1.165) is 11.3 Å². The van der Waals surface area contributed by atoms with Crippen LogP contribution < -0.4 is 4.72 Å². The zero-order valence-corrected chi connectivity index (χ0v) is 13.9. The molecule has 0 unspecified atom stereocenters. The van der Waals surface area contributed by atoms with Crippen LogP contribution in [0, 0.1) is 0 Å². The lowest BCUT2D eigenvalue weighted by Gasteiger charge is -2.03. The number of thiophene rings is 1. The Morgan fingerprint density at radius 1 is 1.18 bits per heavy atom. The van der Waals surface area contributed by atoms with E-state index in [9.17, 15) is 8.42 Å². The van der Waals surface area contributed by atoms with Crippen molar-refractivity contribution in [2.45, 2.75) is 4.21 Å². The van der Waals surface area contributed by atoms with E-state index in [1.165, 1.54) is 22.9 Å². The van der Waals surface area contributed by atoms with Crippen LogP contribution in [0.2, 0.25) is 9.36 Å². The molecule has 0 fully saturated rings. The molecular formula is C12H8Cl2N4O2S2. The van der Waals surface area contributed by atoms with Gasteiger partial charge in [-0.3, -0.25) is 4.72 Å². The Morgan fingerprint density at radius 2 is 2.00 bits per heavy atom. The molecule has 0 aliphatic carbocycles. The zero-order valence-electron chi connectivity index (χ0n) is 10.8. The summed E-state index contributed by atoms with van der Waals surface area (Å²) in [5.41, 5.74) is 0. The maximum absolute atomic E-state index is 12.2. The molecule has 0 aliphatic heterocycles. The first kappa shape index (κ1) is 15.3. The molecule has 3 rings (SSSR count). The van der Waals surface area contributed by atoms with Crippen LogP contribution in [-0.2, 0) is 10.0 Å². The minimum Gasteiger partial charge on any atom is -0.261 e. The third-order valence-electron chi connectivity index (χ3n) is 2.60. The summed E-state index contributed by atoms with van der Waals surface area (Å²) < 4.78 is 28.6. The lowest BCUT2D eigenvalue weighted by Crippen LogP contribution is -2.12. The van der Waals surface area contributed by atoms with E-state index in [2.05, 4.69) is 14.8 Å². The number of hydrogen-bond acceptors (Lipinski definition) is 5. The van der Waals surface area contributed by atoms with Gasteiger partial charge in [-0.15, -0.1) is 16.4 Å². The molecule has 0 saturated carbocycles. The first-order chi connectivity index (χ1) is 10.5. The van der Waals surface area contributed by atoms with E-state index < -0.39 is 10.0 Å². The lowest BCUT2D eigenvalue weighted by atomic mass is 10.4. The van der Waals surface area contributed by atoms with Crippen molar-refractivity contribution < 1.29 is 8.42 Å². The number of aromatic nitrogens is 3. The number of anilines is 1. The molecule has 3 aromatic rings. The Bertz CT molecular complexity index is 921. The third kappa shape index (κ3) is 3.09. The quantitative estimate of drug-likeness (QED) is 0.758. The maximum Gasteiger partial charge on any atom is 0.272 e. The highest BCUT2D eigenvalue weighted by Gasteiger charge is 2.18. The van der Waals surface area contributed by atoms with Gasteiger partial charge in [0.25, 0.3) is 10.0 Å². The minimum atomic E-state index is -3.72. The van der Waals surface area contributed by atoms with Gasteiger partial charge in [-0.2, -0.15) is 0 Å². The first-order valence-electron chi connectivity index (χ1n) is 5.90. The second-order valence-electron chi connectivity index (χ2n) is 4.12. The summed E-state index contributed by atoms with van der Waals surface area (Å²) in [5, 5.41) is 4.52. The predicted molar refractivity (Wildman–Crippen MR) is 86.5 cm³/mol. The van der Waals surface area contributed by atoms with Crippen LogP contribution in [0.4, 0.5) is 5.82 Å². The van der Waals surface area contributed by atoms with Gasteiger partial charge in [-0.05, 0) is 24.3 Å². The van der Waals surface area contributed by atoms with E-state index >= 15 is 0 Å². The van der Waals surface area contributed by atoms with Crippen molar-refractivity contribution in [2.75, 3.05) is 4.72 Å². The van der Waals surface area contributed by atoms with Crippen LogP contribution >= 0.6 is 34.5 Å². The molecule has 6 nitrogen and oxygen atoms in total. The maximum atomic E-state index is 12.2. The van der Waals surface area contributed by atoms with Crippen molar-refractivity contribution in [3.8, 4) is 5.82 Å². The third-order valence-corrected chi connectivity index (χ3v) is 5.97. The zero-order chi connectivity index (χ0) is 15.7. The number of pyridine rings is 1. The molecule has 0 amide bonds. The highest BCUT2D eigenvalue weighted by Crippen LogP contribution is 2.27. The van der Waals surface area contributed by atoms with Gasteiger partial charge >= 0.3 is 0 Å². The molecule has 0 saturated heterocycles. The summed E-state index contributed by atoms with van der Waals surface area (Å²) in [6.45, 7) is 0. The average molecular weight is 375 g/mol. The molecule has 3 aromatic heterocycles. The van der Waals surface area contributed by atoms with Crippen molar-refractivity contribution in [3.05, 3.63) is 52.1 Å². The molecule has 1 N–H and O–H groups in total. The van der Waals surface area contributed by atoms with E-state index in [1.54, 1.807) is 24.5 Å². The van der Waals surface area contributed by atoms with E-state index in [0.29, 0.717) is 15.2 Å². The summed E-state index contributed by atoms with van der Waals surface area (Å²) in [7, 11) is -3.72. The molecule has 0 atom stereocenters. The van der Waals surface area contributed by atoms with Crippen molar-refractivity contribution >= 4 is 50.4 Å². The highest BCUT2D eigenvalue weighted by atomic mass is 35.5. The van der Waals surface area contributed by atoms with Gasteiger partial charge in [0, 0.05) is 18.5 Å². The highest BCUT2D eigenvalue weighted by molar-refractivity contribution is 7.94. The van der Waals surface area contributed by atoms with Crippen molar-refractivity contribution in [1.82, 2.24) is 14.8 Å². The average Bonchev–Trinajstić information content (AvgIpc) is 3.08. The fourth-order valence-corrected chi connectivity index (χ4v) is 4.36. The molecule has 0 aliphatic rings. The van der Waals surface area contributed by atoms with Gasteiger partial charge in [0.15, 0.2) is 11.6 Å². The van der Waals surface area contributed by atoms with Gasteiger partial charge in [-0.1, -0.05) is 23.2 Å². The first-order valence-corrected chi connectivity index (χ1v) is 8.96. The number of hydrogen-bond donors (Lipinski definition) is 1. The van der Waals surface area contributed by atoms with Gasteiger partial charge < -0.3 is 0 Å². The molecule has 22 heavy (non-hydrogen) atoms. The number of halogens is 2. The number of nitrogens with zero attached hydrogens (tertiary/aromatic N) is 3. The Morgan fingerprint density at radius 3 is 2.68 bits per heavy atom. The molecule has 3 heterocycles. The van der Waals surface area contributed by atoms with Crippen LogP contribution in [0.5, 0.6) is 0 Å². The topological polar surface area (TPSA) is 76.9 Å². The Kier molecular flexibility index (Phi) is 4.09. The summed E-state index contributed by atoms with van der Waals surface area (Å²) in [5.74, 6) is 0.569.